The Hall–Kier alpha value is -0.540. The van der Waals surface area contributed by atoms with Crippen molar-refractivity contribution >= 4 is 28.4 Å². The van der Waals surface area contributed by atoms with Crippen molar-refractivity contribution in [2.75, 3.05) is 13.1 Å². The summed E-state index contributed by atoms with van der Waals surface area (Å²) in [5.41, 5.74) is 3.04. The lowest BCUT2D eigenvalue weighted by atomic mass is 9.75. The summed E-state index contributed by atoms with van der Waals surface area (Å²) in [6.07, 6.45) is 26.1. The summed E-state index contributed by atoms with van der Waals surface area (Å²) in [6.45, 7) is 2.03. The van der Waals surface area contributed by atoms with Gasteiger partial charge in [0, 0.05) is 46.0 Å². The van der Waals surface area contributed by atoms with Crippen LogP contribution in [0.15, 0.2) is 23.4 Å². The van der Waals surface area contributed by atoms with Crippen molar-refractivity contribution in [3.05, 3.63) is 23.4 Å². The fraction of sp³-hybridized carbons (Fsp3) is 0.861. The molecule has 7 heteroatoms. The molecule has 4 aliphatic carbocycles. The molecular weight excluding hydrogens is 657 g/mol. The summed E-state index contributed by atoms with van der Waals surface area (Å²) in [5, 5.41) is 7.53. The Morgan fingerprint density at radius 2 is 1.77 bits per heavy atom. The Labute approximate surface area is 272 Å². The first kappa shape index (κ1) is 32.4. The van der Waals surface area contributed by atoms with E-state index in [4.69, 9.17) is 4.74 Å². The second-order valence-electron chi connectivity index (χ2n) is 15.1. The van der Waals surface area contributed by atoms with E-state index in [1.807, 2.05) is 0 Å². The molecule has 4 nitrogen and oxygen atoms in total. The SMILES string of the molecule is O=C(C1CCCNCC1)[C@@H]1CCC(C/C(=C/C[C@H]2CCCC(OC(F)(F)I)C2)C2CC=C(C3CCCCC3C3CC3)N2)C1. The number of carbonyl (C=O) groups is 1. The fourth-order valence-corrected chi connectivity index (χ4v) is 9.99. The number of rotatable bonds is 11. The van der Waals surface area contributed by atoms with Gasteiger partial charge in [0.2, 0.25) is 0 Å². The number of Topliss-reactive ketones (excluding diaryl/α,β-unsaturated/α-hetero) is 1. The quantitative estimate of drug-likeness (QED) is 0.128. The summed E-state index contributed by atoms with van der Waals surface area (Å²) in [6, 6.07) is 0.355. The molecule has 0 aromatic heterocycles. The average molecular weight is 713 g/mol. The van der Waals surface area contributed by atoms with Crippen molar-refractivity contribution in [1.82, 2.24) is 10.6 Å². The zero-order valence-electron chi connectivity index (χ0n) is 26.2. The van der Waals surface area contributed by atoms with Gasteiger partial charge in [0.25, 0.3) is 0 Å². The van der Waals surface area contributed by atoms with Crippen molar-refractivity contribution in [1.29, 1.82) is 0 Å². The molecule has 6 unspecified atom stereocenters. The highest BCUT2D eigenvalue weighted by atomic mass is 127. The molecule has 5 fully saturated rings. The largest absolute Gasteiger partial charge is 0.408 e. The highest BCUT2D eigenvalue weighted by Gasteiger charge is 2.41. The van der Waals surface area contributed by atoms with Crippen LogP contribution in [0.5, 0.6) is 0 Å². The molecule has 2 aliphatic heterocycles. The van der Waals surface area contributed by atoms with E-state index in [1.54, 1.807) is 0 Å². The number of ether oxygens (including phenoxy) is 1. The molecule has 6 rings (SSSR count). The number of alkyl halides is 3. The third-order valence-corrected chi connectivity index (χ3v) is 12.3. The van der Waals surface area contributed by atoms with Crippen LogP contribution in [-0.4, -0.2) is 35.1 Å². The second kappa shape index (κ2) is 14.9. The molecule has 4 saturated carbocycles. The zero-order chi connectivity index (χ0) is 29.8. The summed E-state index contributed by atoms with van der Waals surface area (Å²) < 4.78 is 29.2. The van der Waals surface area contributed by atoms with E-state index in [-0.39, 0.29) is 17.9 Å². The standard InChI is InChI=1S/C36H55F2IN2O2/c37-36(38,39)43-30-7-3-5-24(23-30)10-12-28(21-25-11-13-29(22-25)35(42)27-6-4-19-40-20-18-27)33-16-17-34(41-33)32-9-2-1-8-31(32)26-14-15-26/h12,17,24-27,29-33,40-41H,1-11,13-16,18-23H2/b28-12-/t24-,25?,27?,29-,30?,31?,32?,33?/m1/s1. The Balaban J connectivity index is 1.10. The van der Waals surface area contributed by atoms with Crippen molar-refractivity contribution in [3.63, 3.8) is 0 Å². The van der Waals surface area contributed by atoms with Crippen LogP contribution in [0.1, 0.15) is 122 Å². The Kier molecular flexibility index (Phi) is 11.2. The second-order valence-corrected chi connectivity index (χ2v) is 16.3. The summed E-state index contributed by atoms with van der Waals surface area (Å²) in [7, 11) is 0. The van der Waals surface area contributed by atoms with Gasteiger partial charge >= 0.3 is 4.12 Å². The van der Waals surface area contributed by atoms with Gasteiger partial charge in [-0.1, -0.05) is 37.0 Å². The Bertz CT molecular complexity index is 1000. The lowest BCUT2D eigenvalue weighted by molar-refractivity contribution is -0.187. The van der Waals surface area contributed by atoms with Crippen LogP contribution in [0.3, 0.4) is 0 Å². The molecule has 2 heterocycles. The molecule has 0 spiro atoms. The molecule has 43 heavy (non-hydrogen) atoms. The number of halogens is 3. The summed E-state index contributed by atoms with van der Waals surface area (Å²) in [4.78, 5) is 13.5. The minimum atomic E-state index is -3.08. The fourth-order valence-electron chi connectivity index (χ4n) is 9.63. The zero-order valence-corrected chi connectivity index (χ0v) is 28.3. The normalized spacial score (nSPS) is 37.9. The molecule has 0 amide bonds. The first-order valence-corrected chi connectivity index (χ1v) is 19.0. The van der Waals surface area contributed by atoms with Gasteiger partial charge in [-0.3, -0.25) is 4.79 Å². The number of nitrogens with one attached hydrogen (secondary N) is 2. The van der Waals surface area contributed by atoms with Crippen LogP contribution in [0.2, 0.25) is 0 Å². The molecule has 242 valence electrons. The number of hydrogen-bond acceptors (Lipinski definition) is 4. The van der Waals surface area contributed by atoms with E-state index < -0.39 is 4.12 Å². The highest BCUT2D eigenvalue weighted by Crippen LogP contribution is 2.49. The topological polar surface area (TPSA) is 50.4 Å². The van der Waals surface area contributed by atoms with Crippen LogP contribution in [0, 0.1) is 41.4 Å². The smallest absolute Gasteiger partial charge is 0.382 e. The lowest BCUT2D eigenvalue weighted by Crippen LogP contribution is -2.33. The van der Waals surface area contributed by atoms with Crippen molar-refractivity contribution in [2.24, 2.45) is 41.4 Å². The monoisotopic (exact) mass is 712 g/mol. The Morgan fingerprint density at radius 1 is 0.907 bits per heavy atom. The molecule has 6 aliphatic rings. The van der Waals surface area contributed by atoms with E-state index >= 15 is 0 Å². The van der Waals surface area contributed by atoms with Gasteiger partial charge in [-0.15, -0.1) is 0 Å². The van der Waals surface area contributed by atoms with E-state index in [0.717, 1.165) is 131 Å². The molecule has 0 bridgehead atoms. The maximum absolute atomic E-state index is 13.6. The lowest BCUT2D eigenvalue weighted by Gasteiger charge is -2.34. The minimum absolute atomic E-state index is 0.243. The summed E-state index contributed by atoms with van der Waals surface area (Å²) >= 11 is 1.11. The maximum Gasteiger partial charge on any atom is 0.408 e. The maximum atomic E-state index is 13.6. The number of ketones is 1. The third kappa shape index (κ3) is 9.05. The van der Waals surface area contributed by atoms with Gasteiger partial charge in [0.1, 0.15) is 5.78 Å². The molecule has 0 aromatic carbocycles. The van der Waals surface area contributed by atoms with E-state index in [0.29, 0.717) is 29.6 Å². The molecule has 0 radical (unpaired) electrons. The highest BCUT2D eigenvalue weighted by molar-refractivity contribution is 14.1. The van der Waals surface area contributed by atoms with Crippen LogP contribution < -0.4 is 10.6 Å². The molecular formula is C36H55F2IN2O2. The van der Waals surface area contributed by atoms with Crippen LogP contribution in [-0.2, 0) is 9.53 Å². The van der Waals surface area contributed by atoms with Crippen molar-refractivity contribution < 1.29 is 18.3 Å². The number of allylic oxidation sites excluding steroid dienone is 2. The van der Waals surface area contributed by atoms with Crippen molar-refractivity contribution in [2.45, 2.75) is 138 Å². The predicted molar refractivity (Wildman–Crippen MR) is 177 cm³/mol. The van der Waals surface area contributed by atoms with Crippen LogP contribution in [0.25, 0.3) is 0 Å². The van der Waals surface area contributed by atoms with Gasteiger partial charge in [0.05, 0.1) is 12.1 Å². The Morgan fingerprint density at radius 3 is 2.60 bits per heavy atom. The van der Waals surface area contributed by atoms with E-state index in [2.05, 4.69) is 22.8 Å². The van der Waals surface area contributed by atoms with Crippen LogP contribution >= 0.6 is 22.6 Å². The van der Waals surface area contributed by atoms with E-state index in [1.165, 1.54) is 49.8 Å². The predicted octanol–water partition coefficient (Wildman–Crippen LogP) is 9.09. The minimum Gasteiger partial charge on any atom is -0.382 e. The van der Waals surface area contributed by atoms with Gasteiger partial charge < -0.3 is 15.4 Å². The van der Waals surface area contributed by atoms with Gasteiger partial charge in [-0.25, -0.2) is 0 Å². The van der Waals surface area contributed by atoms with Gasteiger partial charge in [0.15, 0.2) is 0 Å². The average Bonchev–Trinajstić information content (AvgIpc) is 3.64. The number of carbonyl (C=O) groups excluding carboxylic acids is 1. The first-order valence-electron chi connectivity index (χ1n) is 18.0. The third-order valence-electron chi connectivity index (χ3n) is 12.0. The number of hydrogen-bond donors (Lipinski definition) is 2. The van der Waals surface area contributed by atoms with E-state index in [9.17, 15) is 13.6 Å². The molecule has 0 aromatic rings. The summed E-state index contributed by atoms with van der Waals surface area (Å²) in [5.74, 6) is 4.55. The van der Waals surface area contributed by atoms with Crippen molar-refractivity contribution in [3.8, 4) is 0 Å². The first-order chi connectivity index (χ1) is 20.8. The van der Waals surface area contributed by atoms with Crippen LogP contribution in [0.4, 0.5) is 8.78 Å². The molecule has 1 saturated heterocycles. The van der Waals surface area contributed by atoms with Gasteiger partial charge in [-0.05, 0) is 139 Å². The van der Waals surface area contributed by atoms with Gasteiger partial charge in [-0.2, -0.15) is 8.78 Å². The molecule has 2 N–H and O–H groups in total. The molecule has 8 atom stereocenters.